The van der Waals surface area contributed by atoms with Crippen molar-refractivity contribution in [1.82, 2.24) is 0 Å². The third kappa shape index (κ3) is 6.05. The maximum absolute atomic E-state index is 12.1. The Morgan fingerprint density at radius 3 is 2.36 bits per heavy atom. The Kier molecular flexibility index (Phi) is 6.74. The summed E-state index contributed by atoms with van der Waals surface area (Å²) < 4.78 is 50.0. The Hall–Kier alpha value is -2.94. The van der Waals surface area contributed by atoms with Gasteiger partial charge in [0, 0.05) is 11.1 Å². The average molecular weight is 418 g/mol. The number of benzene rings is 2. The van der Waals surface area contributed by atoms with Crippen LogP contribution in [0.1, 0.15) is 15.9 Å². The van der Waals surface area contributed by atoms with Gasteiger partial charge in [-0.1, -0.05) is 11.6 Å². The molecule has 0 aliphatic rings. The van der Waals surface area contributed by atoms with Crippen LogP contribution in [0.2, 0.25) is 5.02 Å². The summed E-state index contributed by atoms with van der Waals surface area (Å²) in [7, 11) is 1.41. The Morgan fingerprint density at radius 1 is 1.14 bits per heavy atom. The zero-order valence-electron chi connectivity index (χ0n) is 14.7. The van der Waals surface area contributed by atoms with Crippen LogP contribution in [0.15, 0.2) is 36.4 Å². The first-order valence-corrected chi connectivity index (χ1v) is 8.14. The smallest absolute Gasteiger partial charge is 0.495 e. The van der Waals surface area contributed by atoms with Gasteiger partial charge >= 0.3 is 12.3 Å². The van der Waals surface area contributed by atoms with Crippen molar-refractivity contribution in [2.75, 3.05) is 19.0 Å². The number of alkyl halides is 3. The molecule has 6 nitrogen and oxygen atoms in total. The normalized spacial score (nSPS) is 10.9. The summed E-state index contributed by atoms with van der Waals surface area (Å²) in [6.07, 6.45) is -4.83. The number of esters is 1. The van der Waals surface area contributed by atoms with E-state index in [0.717, 1.165) is 24.3 Å². The quantitative estimate of drug-likeness (QED) is 0.707. The lowest BCUT2D eigenvalue weighted by Gasteiger charge is -2.12. The number of amides is 1. The van der Waals surface area contributed by atoms with Gasteiger partial charge in [0.05, 0.1) is 18.4 Å². The van der Waals surface area contributed by atoms with Gasteiger partial charge < -0.3 is 19.5 Å². The van der Waals surface area contributed by atoms with E-state index in [4.69, 9.17) is 21.1 Å². The monoisotopic (exact) mass is 417 g/mol. The van der Waals surface area contributed by atoms with Crippen LogP contribution in [-0.2, 0) is 9.53 Å². The van der Waals surface area contributed by atoms with Crippen LogP contribution in [0.5, 0.6) is 11.5 Å². The van der Waals surface area contributed by atoms with Crippen molar-refractivity contribution in [2.24, 2.45) is 0 Å². The molecule has 0 aromatic heterocycles. The minimum atomic E-state index is -4.83. The van der Waals surface area contributed by atoms with Crippen LogP contribution in [0.3, 0.4) is 0 Å². The van der Waals surface area contributed by atoms with Gasteiger partial charge in [-0.2, -0.15) is 0 Å². The van der Waals surface area contributed by atoms with Crippen molar-refractivity contribution >= 4 is 29.2 Å². The van der Waals surface area contributed by atoms with Crippen molar-refractivity contribution in [3.8, 4) is 11.5 Å². The summed E-state index contributed by atoms with van der Waals surface area (Å²) in [5.41, 5.74) is 1.01. The average Bonchev–Trinajstić information content (AvgIpc) is 2.62. The largest absolute Gasteiger partial charge is 0.573 e. The van der Waals surface area contributed by atoms with E-state index < -0.39 is 30.6 Å². The lowest BCUT2D eigenvalue weighted by atomic mass is 10.2. The SMILES string of the molecule is COc1cc(Cl)c(C)cc1NC(=O)COC(=O)c1ccc(OC(F)(F)F)cc1. The van der Waals surface area contributed by atoms with Gasteiger partial charge in [0.15, 0.2) is 6.61 Å². The molecule has 2 aromatic carbocycles. The standard InChI is InChI=1S/C18H15ClF3NO5/c1-10-7-14(15(26-2)8-13(10)19)23-16(24)9-27-17(25)11-3-5-12(6-4-11)28-18(20,21)22/h3-8H,9H2,1-2H3,(H,23,24). The van der Waals surface area contributed by atoms with E-state index in [2.05, 4.69) is 10.1 Å². The molecule has 0 bridgehead atoms. The fourth-order valence-corrected chi connectivity index (χ4v) is 2.28. The topological polar surface area (TPSA) is 73.9 Å². The fourth-order valence-electron chi connectivity index (χ4n) is 2.12. The number of methoxy groups -OCH3 is 1. The van der Waals surface area contributed by atoms with Crippen LogP contribution in [0.25, 0.3) is 0 Å². The molecule has 2 rings (SSSR count). The minimum Gasteiger partial charge on any atom is -0.495 e. The van der Waals surface area contributed by atoms with Crippen LogP contribution in [0, 0.1) is 6.92 Å². The van der Waals surface area contributed by atoms with Gasteiger partial charge in [0.1, 0.15) is 11.5 Å². The number of nitrogens with one attached hydrogen (secondary N) is 1. The number of aryl methyl sites for hydroxylation is 1. The molecule has 0 atom stereocenters. The van der Waals surface area contributed by atoms with E-state index >= 15 is 0 Å². The lowest BCUT2D eigenvalue weighted by molar-refractivity contribution is -0.274. The van der Waals surface area contributed by atoms with Crippen LogP contribution in [0.4, 0.5) is 18.9 Å². The summed E-state index contributed by atoms with van der Waals surface area (Å²) in [5.74, 6) is -1.67. The number of hydrogen-bond acceptors (Lipinski definition) is 5. The van der Waals surface area contributed by atoms with Crippen LogP contribution < -0.4 is 14.8 Å². The number of ether oxygens (including phenoxy) is 3. The van der Waals surface area contributed by atoms with Gasteiger partial charge in [0.25, 0.3) is 5.91 Å². The lowest BCUT2D eigenvalue weighted by Crippen LogP contribution is -2.21. The van der Waals surface area contributed by atoms with Gasteiger partial charge in [0.2, 0.25) is 0 Å². The van der Waals surface area contributed by atoms with Crippen molar-refractivity contribution in [3.05, 3.63) is 52.5 Å². The summed E-state index contributed by atoms with van der Waals surface area (Å²) in [6.45, 7) is 1.13. The van der Waals surface area contributed by atoms with Crippen LogP contribution in [-0.4, -0.2) is 32.0 Å². The first kappa shape index (κ1) is 21.4. The first-order chi connectivity index (χ1) is 13.1. The van der Waals surface area contributed by atoms with Crippen molar-refractivity contribution in [3.63, 3.8) is 0 Å². The summed E-state index contributed by atoms with van der Waals surface area (Å²) in [6, 6.07) is 7.24. The Morgan fingerprint density at radius 2 is 1.79 bits per heavy atom. The summed E-state index contributed by atoms with van der Waals surface area (Å²) in [4.78, 5) is 23.9. The van der Waals surface area contributed by atoms with E-state index in [9.17, 15) is 22.8 Å². The second-order valence-electron chi connectivity index (χ2n) is 5.50. The summed E-state index contributed by atoms with van der Waals surface area (Å²) >= 11 is 5.98. The molecular formula is C18H15ClF3NO5. The van der Waals surface area contributed by atoms with E-state index in [1.54, 1.807) is 13.0 Å². The molecule has 0 aliphatic carbocycles. The Labute approximate surface area is 163 Å². The molecule has 0 unspecified atom stereocenters. The Bertz CT molecular complexity index is 869. The first-order valence-electron chi connectivity index (χ1n) is 7.76. The van der Waals surface area contributed by atoms with E-state index in [1.807, 2.05) is 0 Å². The number of rotatable bonds is 6. The molecule has 1 amide bonds. The highest BCUT2D eigenvalue weighted by molar-refractivity contribution is 6.31. The maximum atomic E-state index is 12.1. The minimum absolute atomic E-state index is 0.0396. The molecule has 0 saturated carbocycles. The zero-order valence-corrected chi connectivity index (χ0v) is 15.5. The highest BCUT2D eigenvalue weighted by Gasteiger charge is 2.31. The molecule has 0 spiro atoms. The molecule has 1 N–H and O–H groups in total. The van der Waals surface area contributed by atoms with Crippen molar-refractivity contribution in [1.29, 1.82) is 0 Å². The molecule has 10 heteroatoms. The van der Waals surface area contributed by atoms with E-state index in [1.165, 1.54) is 13.2 Å². The molecule has 2 aromatic rings. The molecule has 0 saturated heterocycles. The number of anilines is 1. The predicted octanol–water partition coefficient (Wildman–Crippen LogP) is 4.35. The Balaban J connectivity index is 1.94. The molecule has 0 radical (unpaired) electrons. The van der Waals surface area contributed by atoms with Gasteiger partial charge in [-0.25, -0.2) is 4.79 Å². The third-order valence-corrected chi connectivity index (χ3v) is 3.82. The van der Waals surface area contributed by atoms with Crippen molar-refractivity contribution in [2.45, 2.75) is 13.3 Å². The van der Waals surface area contributed by atoms with Gasteiger partial charge in [-0.15, -0.1) is 13.2 Å². The van der Waals surface area contributed by atoms with Crippen LogP contribution >= 0.6 is 11.6 Å². The molecule has 150 valence electrons. The molecule has 0 aliphatic heterocycles. The second-order valence-corrected chi connectivity index (χ2v) is 5.91. The maximum Gasteiger partial charge on any atom is 0.573 e. The molecule has 0 fully saturated rings. The van der Waals surface area contributed by atoms with Gasteiger partial charge in [-0.05, 0) is 42.8 Å². The zero-order chi connectivity index (χ0) is 20.9. The predicted molar refractivity (Wildman–Crippen MR) is 94.8 cm³/mol. The highest BCUT2D eigenvalue weighted by atomic mass is 35.5. The number of carbonyl (C=O) groups is 2. The molecular weight excluding hydrogens is 403 g/mol. The molecule has 28 heavy (non-hydrogen) atoms. The van der Waals surface area contributed by atoms with E-state index in [0.29, 0.717) is 22.0 Å². The fraction of sp³-hybridized carbons (Fsp3) is 0.222. The third-order valence-electron chi connectivity index (χ3n) is 3.41. The highest BCUT2D eigenvalue weighted by Crippen LogP contribution is 2.30. The second kappa shape index (κ2) is 8.83. The van der Waals surface area contributed by atoms with Crippen molar-refractivity contribution < 1.29 is 37.0 Å². The number of carbonyl (C=O) groups excluding carboxylic acids is 2. The van der Waals surface area contributed by atoms with E-state index in [-0.39, 0.29) is 5.56 Å². The summed E-state index contributed by atoms with van der Waals surface area (Å²) in [5, 5.41) is 2.98. The molecule has 0 heterocycles. The van der Waals surface area contributed by atoms with Gasteiger partial charge in [-0.3, -0.25) is 4.79 Å². The number of hydrogen-bond donors (Lipinski definition) is 1. The number of halogens is 4.